The lowest BCUT2D eigenvalue weighted by Gasteiger charge is -2.06. The van der Waals surface area contributed by atoms with Crippen LogP contribution in [0, 0.1) is 0 Å². The number of unbranched alkanes of at least 4 members (excludes halogenated alkanes) is 10. The fourth-order valence-electron chi connectivity index (χ4n) is 2.30. The number of hydrogen-bond acceptors (Lipinski definition) is 4. The van der Waals surface area contributed by atoms with Gasteiger partial charge >= 0.3 is 0 Å². The third-order valence-corrected chi connectivity index (χ3v) is 6.08. The number of sulfonamides is 1. The average molecular weight is 372 g/mol. The molecule has 0 aromatic carbocycles. The highest BCUT2D eigenvalue weighted by Crippen LogP contribution is 2.11. The molecule has 0 atom stereocenters. The smallest absolute Gasteiger partial charge is 0.265 e. The van der Waals surface area contributed by atoms with Crippen LogP contribution in [0.5, 0.6) is 0 Å². The summed E-state index contributed by atoms with van der Waals surface area (Å²) < 4.78 is 54.9. The predicted octanol–water partition coefficient (Wildman–Crippen LogP) is 3.10. The summed E-state index contributed by atoms with van der Waals surface area (Å²) in [5, 5.41) is 0. The Morgan fingerprint density at radius 1 is 0.696 bits per heavy atom. The molecular formula is C15H33NO5S2. The normalized spacial score (nSPS) is 12.6. The molecule has 0 aromatic rings. The Hall–Kier alpha value is -0.180. The van der Waals surface area contributed by atoms with Gasteiger partial charge in [0.1, 0.15) is 0 Å². The molecule has 0 aliphatic heterocycles. The SMILES string of the molecule is CCCCCCCCCCCCCNS(=O)(=O)CCS(=O)(=O)O. The molecule has 0 saturated carbocycles. The zero-order valence-electron chi connectivity index (χ0n) is 14.3. The van der Waals surface area contributed by atoms with E-state index in [2.05, 4.69) is 11.6 Å². The first kappa shape index (κ1) is 22.8. The maximum atomic E-state index is 11.5. The Kier molecular flexibility index (Phi) is 13.0. The van der Waals surface area contributed by atoms with E-state index in [-0.39, 0.29) is 0 Å². The van der Waals surface area contributed by atoms with E-state index in [1.165, 1.54) is 51.4 Å². The summed E-state index contributed by atoms with van der Waals surface area (Å²) in [6.07, 6.45) is 13.1. The monoisotopic (exact) mass is 371 g/mol. The third-order valence-electron chi connectivity index (χ3n) is 3.71. The van der Waals surface area contributed by atoms with Crippen molar-refractivity contribution in [1.29, 1.82) is 0 Å². The summed E-state index contributed by atoms with van der Waals surface area (Å²) in [5.74, 6) is -1.36. The van der Waals surface area contributed by atoms with Crippen LogP contribution in [0.2, 0.25) is 0 Å². The molecule has 0 aromatic heterocycles. The molecule has 0 aliphatic carbocycles. The van der Waals surface area contributed by atoms with E-state index >= 15 is 0 Å². The first-order valence-electron chi connectivity index (χ1n) is 8.69. The largest absolute Gasteiger partial charge is 0.286 e. The Bertz CT molecular complexity index is 474. The molecule has 0 spiro atoms. The summed E-state index contributed by atoms with van der Waals surface area (Å²) in [7, 11) is -7.85. The first-order valence-corrected chi connectivity index (χ1v) is 12.0. The molecule has 0 aliphatic rings. The minimum Gasteiger partial charge on any atom is -0.286 e. The van der Waals surface area contributed by atoms with E-state index in [4.69, 9.17) is 4.55 Å². The van der Waals surface area contributed by atoms with Crippen LogP contribution in [0.15, 0.2) is 0 Å². The molecule has 140 valence electrons. The molecule has 8 heteroatoms. The van der Waals surface area contributed by atoms with Gasteiger partial charge in [0.25, 0.3) is 10.1 Å². The van der Waals surface area contributed by atoms with Crippen molar-refractivity contribution in [2.45, 2.75) is 77.6 Å². The second-order valence-corrected chi connectivity index (χ2v) is 9.53. The summed E-state index contributed by atoms with van der Waals surface area (Å²) in [6.45, 7) is 2.54. The van der Waals surface area contributed by atoms with Crippen molar-refractivity contribution in [2.24, 2.45) is 0 Å². The third kappa shape index (κ3) is 18.0. The fourth-order valence-corrected chi connectivity index (χ4v) is 4.62. The summed E-state index contributed by atoms with van der Waals surface area (Å²) in [6, 6.07) is 0. The molecule has 0 heterocycles. The highest BCUT2D eigenvalue weighted by Gasteiger charge is 2.14. The fraction of sp³-hybridized carbons (Fsp3) is 1.00. The van der Waals surface area contributed by atoms with Crippen LogP contribution in [-0.2, 0) is 20.1 Å². The molecule has 0 fully saturated rings. The van der Waals surface area contributed by atoms with Crippen molar-refractivity contribution in [1.82, 2.24) is 4.72 Å². The number of nitrogens with one attached hydrogen (secondary N) is 1. The summed E-state index contributed by atoms with van der Waals surface area (Å²) in [5.41, 5.74) is 0. The van der Waals surface area contributed by atoms with Crippen molar-refractivity contribution in [3.8, 4) is 0 Å². The molecule has 0 unspecified atom stereocenters. The molecule has 0 radical (unpaired) electrons. The van der Waals surface area contributed by atoms with E-state index < -0.39 is 31.6 Å². The minimum absolute atomic E-state index is 0.324. The van der Waals surface area contributed by atoms with E-state index in [0.29, 0.717) is 6.54 Å². The highest BCUT2D eigenvalue weighted by molar-refractivity contribution is 7.91. The highest BCUT2D eigenvalue weighted by atomic mass is 32.2. The van der Waals surface area contributed by atoms with E-state index in [9.17, 15) is 16.8 Å². The van der Waals surface area contributed by atoms with E-state index in [0.717, 1.165) is 19.3 Å². The minimum atomic E-state index is -4.23. The van der Waals surface area contributed by atoms with Crippen LogP contribution in [-0.4, -0.2) is 39.4 Å². The summed E-state index contributed by atoms with van der Waals surface area (Å²) in [4.78, 5) is 0. The maximum Gasteiger partial charge on any atom is 0.265 e. The van der Waals surface area contributed by atoms with Crippen molar-refractivity contribution in [2.75, 3.05) is 18.1 Å². The number of hydrogen-bond donors (Lipinski definition) is 2. The molecule has 0 rings (SSSR count). The van der Waals surface area contributed by atoms with Gasteiger partial charge in [-0.05, 0) is 6.42 Å². The van der Waals surface area contributed by atoms with Crippen LogP contribution >= 0.6 is 0 Å². The van der Waals surface area contributed by atoms with Gasteiger partial charge in [-0.15, -0.1) is 0 Å². The molecule has 0 saturated heterocycles. The van der Waals surface area contributed by atoms with Gasteiger partial charge in [0.05, 0.1) is 11.5 Å². The van der Waals surface area contributed by atoms with Crippen molar-refractivity contribution in [3.05, 3.63) is 0 Å². The molecule has 23 heavy (non-hydrogen) atoms. The van der Waals surface area contributed by atoms with E-state index in [1.807, 2.05) is 0 Å². The zero-order valence-corrected chi connectivity index (χ0v) is 15.9. The predicted molar refractivity (Wildman–Crippen MR) is 94.7 cm³/mol. The quantitative estimate of drug-likeness (QED) is 0.321. The molecule has 0 amide bonds. The maximum absolute atomic E-state index is 11.5. The van der Waals surface area contributed by atoms with Gasteiger partial charge in [0.2, 0.25) is 10.0 Å². The Balaban J connectivity index is 3.42. The molecule has 2 N–H and O–H groups in total. The van der Waals surface area contributed by atoms with Gasteiger partial charge in [-0.1, -0.05) is 71.1 Å². The van der Waals surface area contributed by atoms with Crippen LogP contribution in [0.4, 0.5) is 0 Å². The average Bonchev–Trinajstić information content (AvgIpc) is 2.46. The van der Waals surface area contributed by atoms with Crippen molar-refractivity contribution in [3.63, 3.8) is 0 Å². The lowest BCUT2D eigenvalue weighted by Crippen LogP contribution is -2.30. The molecule has 6 nitrogen and oxygen atoms in total. The second kappa shape index (κ2) is 13.1. The zero-order chi connectivity index (χ0) is 17.6. The van der Waals surface area contributed by atoms with Gasteiger partial charge in [-0.2, -0.15) is 8.42 Å². The van der Waals surface area contributed by atoms with E-state index in [1.54, 1.807) is 0 Å². The first-order chi connectivity index (χ1) is 10.8. The second-order valence-electron chi connectivity index (χ2n) is 6.03. The Morgan fingerprint density at radius 3 is 1.57 bits per heavy atom. The standard InChI is InChI=1S/C15H33NO5S2/c1-2-3-4-5-6-7-8-9-10-11-12-13-16-22(17,18)14-15-23(19,20)21/h16H,2-15H2,1H3,(H,19,20,21). The molecule has 0 bridgehead atoms. The van der Waals surface area contributed by atoms with Crippen LogP contribution in [0.1, 0.15) is 77.6 Å². The summed E-state index contributed by atoms with van der Waals surface area (Å²) >= 11 is 0. The van der Waals surface area contributed by atoms with Crippen LogP contribution in [0.3, 0.4) is 0 Å². The van der Waals surface area contributed by atoms with Crippen LogP contribution in [0.25, 0.3) is 0 Å². The lowest BCUT2D eigenvalue weighted by atomic mass is 10.1. The van der Waals surface area contributed by atoms with Gasteiger partial charge < -0.3 is 0 Å². The Morgan fingerprint density at radius 2 is 1.13 bits per heavy atom. The van der Waals surface area contributed by atoms with Gasteiger partial charge in [0.15, 0.2) is 0 Å². The van der Waals surface area contributed by atoms with Gasteiger partial charge in [0, 0.05) is 6.54 Å². The number of rotatable bonds is 16. The van der Waals surface area contributed by atoms with Gasteiger partial charge in [-0.25, -0.2) is 13.1 Å². The molecular weight excluding hydrogens is 338 g/mol. The van der Waals surface area contributed by atoms with Gasteiger partial charge in [-0.3, -0.25) is 4.55 Å². The van der Waals surface area contributed by atoms with Crippen LogP contribution < -0.4 is 4.72 Å². The van der Waals surface area contributed by atoms with Crippen molar-refractivity contribution >= 4 is 20.1 Å². The lowest BCUT2D eigenvalue weighted by molar-refractivity contribution is 0.483. The van der Waals surface area contributed by atoms with Crippen molar-refractivity contribution < 1.29 is 21.4 Å². The Labute approximate surface area is 142 Å². The topological polar surface area (TPSA) is 101 Å².